The minimum Gasteiger partial charge on any atom is -0.493 e. The molecule has 1 aromatic heterocycles. The van der Waals surface area contributed by atoms with E-state index in [1.807, 2.05) is 18.2 Å². The molecular weight excluding hydrogens is 350 g/mol. The van der Waals surface area contributed by atoms with E-state index in [0.29, 0.717) is 35.8 Å². The highest BCUT2D eigenvalue weighted by Gasteiger charge is 2.17. The second-order valence-electron chi connectivity index (χ2n) is 5.52. The Hall–Kier alpha value is -3.29. The zero-order valence-corrected chi connectivity index (χ0v) is 15.6. The zero-order chi connectivity index (χ0) is 19.6. The Morgan fingerprint density at radius 2 is 1.70 bits per heavy atom. The third-order valence-corrected chi connectivity index (χ3v) is 3.77. The van der Waals surface area contributed by atoms with Crippen molar-refractivity contribution in [3.05, 3.63) is 47.8 Å². The number of benzene rings is 1. The van der Waals surface area contributed by atoms with Gasteiger partial charge >= 0.3 is 0 Å². The fraction of sp³-hybridized carbons (Fsp3) is 0.316. The van der Waals surface area contributed by atoms with Gasteiger partial charge < -0.3 is 24.8 Å². The van der Waals surface area contributed by atoms with Crippen LogP contribution in [0.5, 0.6) is 17.2 Å². The van der Waals surface area contributed by atoms with Crippen LogP contribution in [0.15, 0.2) is 36.5 Å². The molecule has 0 radical (unpaired) electrons. The van der Waals surface area contributed by atoms with Crippen molar-refractivity contribution in [2.75, 3.05) is 34.4 Å². The third kappa shape index (κ3) is 5.60. The van der Waals surface area contributed by atoms with Crippen LogP contribution in [-0.2, 0) is 11.2 Å². The molecule has 2 amide bonds. The molecule has 8 nitrogen and oxygen atoms in total. The fourth-order valence-electron chi connectivity index (χ4n) is 2.41. The van der Waals surface area contributed by atoms with E-state index >= 15 is 0 Å². The Kier molecular flexibility index (Phi) is 7.42. The van der Waals surface area contributed by atoms with Crippen molar-refractivity contribution in [1.82, 2.24) is 15.6 Å². The second kappa shape index (κ2) is 10.0. The second-order valence-corrected chi connectivity index (χ2v) is 5.52. The van der Waals surface area contributed by atoms with E-state index in [2.05, 4.69) is 15.6 Å². The van der Waals surface area contributed by atoms with Crippen molar-refractivity contribution < 1.29 is 23.8 Å². The van der Waals surface area contributed by atoms with Crippen LogP contribution in [-0.4, -0.2) is 51.2 Å². The normalized spacial score (nSPS) is 10.0. The first-order valence-corrected chi connectivity index (χ1v) is 8.33. The van der Waals surface area contributed by atoms with E-state index < -0.39 is 5.91 Å². The summed E-state index contributed by atoms with van der Waals surface area (Å²) in [6.07, 6.45) is 2.32. The summed E-state index contributed by atoms with van der Waals surface area (Å²) in [6.45, 7) is 0.299. The minimum atomic E-state index is -0.422. The molecule has 0 saturated carbocycles. The number of hydrogen-bond acceptors (Lipinski definition) is 6. The summed E-state index contributed by atoms with van der Waals surface area (Å²) < 4.78 is 15.7. The van der Waals surface area contributed by atoms with Gasteiger partial charge in [-0.25, -0.2) is 0 Å². The summed E-state index contributed by atoms with van der Waals surface area (Å²) in [6, 6.07) is 8.66. The van der Waals surface area contributed by atoms with E-state index in [1.165, 1.54) is 33.5 Å². The molecule has 0 aliphatic rings. The predicted octanol–water partition coefficient (Wildman–Crippen LogP) is 1.20. The maximum atomic E-state index is 12.3. The molecule has 0 bridgehead atoms. The molecule has 0 aliphatic heterocycles. The van der Waals surface area contributed by atoms with Crippen molar-refractivity contribution in [2.24, 2.45) is 0 Å². The minimum absolute atomic E-state index is 0.141. The maximum Gasteiger partial charge on any atom is 0.251 e. The molecule has 1 aromatic carbocycles. The quantitative estimate of drug-likeness (QED) is 0.685. The Balaban J connectivity index is 1.88. The number of nitrogens with zero attached hydrogens (tertiary/aromatic N) is 1. The van der Waals surface area contributed by atoms with Crippen LogP contribution >= 0.6 is 0 Å². The molecule has 2 rings (SSSR count). The van der Waals surface area contributed by atoms with Crippen LogP contribution in [0.2, 0.25) is 0 Å². The average Bonchev–Trinajstić information content (AvgIpc) is 2.71. The molecule has 0 saturated heterocycles. The Labute approximate surface area is 157 Å². The molecule has 2 N–H and O–H groups in total. The molecule has 0 atom stereocenters. The summed E-state index contributed by atoms with van der Waals surface area (Å²) in [5.41, 5.74) is 1.19. The Bertz CT molecular complexity index is 755. The number of aromatic nitrogens is 1. The van der Waals surface area contributed by atoms with Gasteiger partial charge in [0.1, 0.15) is 0 Å². The van der Waals surface area contributed by atoms with Gasteiger partial charge in [-0.3, -0.25) is 14.6 Å². The van der Waals surface area contributed by atoms with Gasteiger partial charge in [0, 0.05) is 30.4 Å². The standard InChI is InChI=1S/C19H23N3O5/c1-25-15-10-13(11-16(26-2)18(15)27-3)19(24)22-12-17(23)21-9-7-14-6-4-5-8-20-14/h4-6,8,10-11H,7,9,12H2,1-3H3,(H,21,23)(H,22,24). The van der Waals surface area contributed by atoms with E-state index in [0.717, 1.165) is 5.69 Å². The molecule has 1 heterocycles. The van der Waals surface area contributed by atoms with Gasteiger partial charge in [-0.15, -0.1) is 0 Å². The highest BCUT2D eigenvalue weighted by atomic mass is 16.5. The first kappa shape index (κ1) is 20.0. The van der Waals surface area contributed by atoms with E-state index in [-0.39, 0.29) is 12.5 Å². The lowest BCUT2D eigenvalue weighted by atomic mass is 10.1. The lowest BCUT2D eigenvalue weighted by Crippen LogP contribution is -2.37. The average molecular weight is 373 g/mol. The molecule has 8 heteroatoms. The predicted molar refractivity (Wildman–Crippen MR) is 99.4 cm³/mol. The number of methoxy groups -OCH3 is 3. The number of carbonyl (C=O) groups is 2. The Morgan fingerprint density at radius 1 is 1.00 bits per heavy atom. The summed E-state index contributed by atoms with van der Waals surface area (Å²) in [4.78, 5) is 28.4. The third-order valence-electron chi connectivity index (χ3n) is 3.77. The van der Waals surface area contributed by atoms with Crippen molar-refractivity contribution in [3.8, 4) is 17.2 Å². The lowest BCUT2D eigenvalue weighted by Gasteiger charge is -2.14. The van der Waals surface area contributed by atoms with E-state index in [9.17, 15) is 9.59 Å². The molecule has 0 spiro atoms. The summed E-state index contributed by atoms with van der Waals surface area (Å²) in [5, 5.41) is 5.31. The van der Waals surface area contributed by atoms with Crippen LogP contribution in [0.25, 0.3) is 0 Å². The van der Waals surface area contributed by atoms with Crippen LogP contribution in [0.3, 0.4) is 0 Å². The molecule has 0 fully saturated rings. The van der Waals surface area contributed by atoms with Crippen LogP contribution in [0.4, 0.5) is 0 Å². The van der Waals surface area contributed by atoms with Gasteiger partial charge in [0.25, 0.3) is 5.91 Å². The van der Waals surface area contributed by atoms with Crippen LogP contribution < -0.4 is 24.8 Å². The van der Waals surface area contributed by atoms with Crippen LogP contribution in [0.1, 0.15) is 16.1 Å². The smallest absolute Gasteiger partial charge is 0.251 e. The van der Waals surface area contributed by atoms with Gasteiger partial charge in [0.2, 0.25) is 11.7 Å². The first-order chi connectivity index (χ1) is 13.1. The van der Waals surface area contributed by atoms with Crippen molar-refractivity contribution >= 4 is 11.8 Å². The molecule has 144 valence electrons. The van der Waals surface area contributed by atoms with Gasteiger partial charge in [-0.1, -0.05) is 6.07 Å². The zero-order valence-electron chi connectivity index (χ0n) is 15.6. The van der Waals surface area contributed by atoms with E-state index in [1.54, 1.807) is 6.20 Å². The summed E-state index contributed by atoms with van der Waals surface area (Å²) in [5.74, 6) is 0.410. The summed E-state index contributed by atoms with van der Waals surface area (Å²) in [7, 11) is 4.41. The molecular formula is C19H23N3O5. The van der Waals surface area contributed by atoms with Crippen molar-refractivity contribution in [3.63, 3.8) is 0 Å². The van der Waals surface area contributed by atoms with E-state index in [4.69, 9.17) is 14.2 Å². The number of carbonyl (C=O) groups excluding carboxylic acids is 2. The highest BCUT2D eigenvalue weighted by molar-refractivity contribution is 5.97. The number of rotatable bonds is 9. The molecule has 0 aliphatic carbocycles. The molecule has 0 unspecified atom stereocenters. The van der Waals surface area contributed by atoms with Gasteiger partial charge in [-0.05, 0) is 24.3 Å². The number of hydrogen-bond donors (Lipinski definition) is 2. The first-order valence-electron chi connectivity index (χ1n) is 8.33. The van der Waals surface area contributed by atoms with Gasteiger partial charge in [0.05, 0.1) is 27.9 Å². The Morgan fingerprint density at radius 3 is 2.26 bits per heavy atom. The molecule has 2 aromatic rings. The number of pyridine rings is 1. The van der Waals surface area contributed by atoms with Crippen molar-refractivity contribution in [1.29, 1.82) is 0 Å². The SMILES string of the molecule is COc1cc(C(=O)NCC(=O)NCCc2ccccn2)cc(OC)c1OC. The van der Waals surface area contributed by atoms with Crippen molar-refractivity contribution in [2.45, 2.75) is 6.42 Å². The lowest BCUT2D eigenvalue weighted by molar-refractivity contribution is -0.120. The number of amides is 2. The largest absolute Gasteiger partial charge is 0.493 e. The van der Waals surface area contributed by atoms with Gasteiger partial charge in [0.15, 0.2) is 11.5 Å². The highest BCUT2D eigenvalue weighted by Crippen LogP contribution is 2.38. The van der Waals surface area contributed by atoms with Crippen LogP contribution in [0, 0.1) is 0 Å². The fourth-order valence-corrected chi connectivity index (χ4v) is 2.41. The number of ether oxygens (including phenoxy) is 3. The maximum absolute atomic E-state index is 12.3. The molecule has 27 heavy (non-hydrogen) atoms. The monoisotopic (exact) mass is 373 g/mol. The van der Waals surface area contributed by atoms with Gasteiger partial charge in [-0.2, -0.15) is 0 Å². The topological polar surface area (TPSA) is 98.8 Å². The number of nitrogens with one attached hydrogen (secondary N) is 2. The summed E-state index contributed by atoms with van der Waals surface area (Å²) >= 11 is 0.